The van der Waals surface area contributed by atoms with Gasteiger partial charge in [0.05, 0.1) is 6.04 Å². The van der Waals surface area contributed by atoms with E-state index >= 15 is 0 Å². The highest BCUT2D eigenvalue weighted by Gasteiger charge is 2.51. The molecule has 0 aromatic heterocycles. The first-order chi connectivity index (χ1) is 15.0. The quantitative estimate of drug-likeness (QED) is 0.769. The summed E-state index contributed by atoms with van der Waals surface area (Å²) < 4.78 is 11.9. The highest BCUT2D eigenvalue weighted by atomic mass is 16.6. The van der Waals surface area contributed by atoms with E-state index in [2.05, 4.69) is 10.2 Å². The summed E-state index contributed by atoms with van der Waals surface area (Å²) in [5.41, 5.74) is -0.222. The van der Waals surface area contributed by atoms with Gasteiger partial charge in [-0.15, -0.1) is 0 Å². The summed E-state index contributed by atoms with van der Waals surface area (Å²) in [4.78, 5) is 29.9. The molecular formula is C24H27N3O4. The van der Waals surface area contributed by atoms with Gasteiger partial charge in [-0.25, -0.2) is 4.79 Å². The van der Waals surface area contributed by atoms with Gasteiger partial charge in [-0.3, -0.25) is 14.6 Å². The minimum atomic E-state index is -1.02. The lowest BCUT2D eigenvalue weighted by atomic mass is 9.91. The molecule has 3 amide bonds. The van der Waals surface area contributed by atoms with Crippen LogP contribution in [0, 0.1) is 0 Å². The fraction of sp³-hybridized carbons (Fsp3) is 0.417. The Morgan fingerprint density at radius 3 is 2.61 bits per heavy atom. The number of hydrogen-bond acceptors (Lipinski definition) is 5. The number of imide groups is 1. The van der Waals surface area contributed by atoms with Crippen LogP contribution in [0.15, 0.2) is 54.6 Å². The lowest BCUT2D eigenvalue weighted by Gasteiger charge is -2.38. The van der Waals surface area contributed by atoms with E-state index in [0.717, 1.165) is 36.4 Å². The van der Waals surface area contributed by atoms with Gasteiger partial charge < -0.3 is 14.8 Å². The van der Waals surface area contributed by atoms with Crippen molar-refractivity contribution in [2.24, 2.45) is 0 Å². The molecular weight excluding hydrogens is 394 g/mol. The summed E-state index contributed by atoms with van der Waals surface area (Å²) in [5.74, 6) is 1.36. The third kappa shape index (κ3) is 3.63. The average molecular weight is 421 g/mol. The molecule has 0 aliphatic carbocycles. The topological polar surface area (TPSA) is 71.1 Å². The molecule has 2 saturated heterocycles. The molecule has 1 unspecified atom stereocenters. The van der Waals surface area contributed by atoms with E-state index in [1.165, 1.54) is 4.90 Å². The minimum absolute atomic E-state index is 0.0775. The number of para-hydroxylation sites is 2. The van der Waals surface area contributed by atoms with Crippen molar-refractivity contribution in [3.8, 4) is 11.5 Å². The van der Waals surface area contributed by atoms with E-state index in [-0.39, 0.29) is 24.1 Å². The third-order valence-corrected chi connectivity index (χ3v) is 6.45. The van der Waals surface area contributed by atoms with Crippen molar-refractivity contribution in [3.63, 3.8) is 0 Å². The molecule has 0 radical (unpaired) electrons. The molecule has 3 atom stereocenters. The number of piperidine rings is 1. The maximum atomic E-state index is 13.4. The number of nitrogens with one attached hydrogen (secondary N) is 1. The molecule has 31 heavy (non-hydrogen) atoms. The number of hydrogen-bond donors (Lipinski definition) is 1. The van der Waals surface area contributed by atoms with Crippen LogP contribution >= 0.6 is 0 Å². The molecule has 0 saturated carbocycles. The van der Waals surface area contributed by atoms with Crippen molar-refractivity contribution in [1.29, 1.82) is 0 Å². The van der Waals surface area contributed by atoms with Crippen LogP contribution in [0.25, 0.3) is 0 Å². The number of rotatable bonds is 4. The first-order valence-corrected chi connectivity index (χ1v) is 10.9. The van der Waals surface area contributed by atoms with Crippen LogP contribution in [-0.2, 0) is 10.3 Å². The minimum Gasteiger partial charge on any atom is -0.486 e. The van der Waals surface area contributed by atoms with Gasteiger partial charge in [0.2, 0.25) is 0 Å². The summed E-state index contributed by atoms with van der Waals surface area (Å²) in [6, 6.07) is 16.7. The SMILES string of the molecule is CC1(c2ccccc2)NC(=O)N([C@H]2CCCN(C[C@H]3COc4ccccc4O3)C2)C1=O. The number of likely N-dealkylation sites (tertiary alicyclic amines) is 1. The van der Waals surface area contributed by atoms with Crippen molar-refractivity contribution in [2.75, 3.05) is 26.2 Å². The number of carbonyl (C=O) groups is 2. The van der Waals surface area contributed by atoms with Crippen LogP contribution in [0.1, 0.15) is 25.3 Å². The molecule has 2 aromatic carbocycles. The highest BCUT2D eigenvalue weighted by molar-refractivity contribution is 6.07. The Morgan fingerprint density at radius 2 is 1.81 bits per heavy atom. The van der Waals surface area contributed by atoms with E-state index < -0.39 is 5.54 Å². The standard InChI is InChI=1S/C24H27N3O4/c1-24(17-8-3-2-4-9-17)22(28)27(23(29)25-24)18-10-7-13-26(14-18)15-19-16-30-20-11-5-6-12-21(20)31-19/h2-6,8-9,11-12,18-19H,7,10,13-16H2,1H3,(H,25,29)/t18-,19-,24?/m0/s1. The first kappa shape index (κ1) is 19.9. The summed E-state index contributed by atoms with van der Waals surface area (Å²) in [6.45, 7) is 4.54. The number of nitrogens with zero attached hydrogens (tertiary/aromatic N) is 2. The van der Waals surface area contributed by atoms with Crippen LogP contribution in [0.5, 0.6) is 11.5 Å². The van der Waals surface area contributed by atoms with Gasteiger partial charge in [-0.2, -0.15) is 0 Å². The molecule has 5 rings (SSSR count). The van der Waals surface area contributed by atoms with Gasteiger partial charge in [0, 0.05) is 13.1 Å². The second-order valence-corrected chi connectivity index (χ2v) is 8.65. The fourth-order valence-corrected chi connectivity index (χ4v) is 4.81. The van der Waals surface area contributed by atoms with Gasteiger partial charge >= 0.3 is 6.03 Å². The van der Waals surface area contributed by atoms with E-state index in [4.69, 9.17) is 9.47 Å². The van der Waals surface area contributed by atoms with Crippen molar-refractivity contribution >= 4 is 11.9 Å². The van der Waals surface area contributed by atoms with Gasteiger partial charge in [-0.1, -0.05) is 42.5 Å². The Bertz CT molecular complexity index is 982. The average Bonchev–Trinajstić information content (AvgIpc) is 3.03. The normalized spacial score (nSPS) is 28.5. The molecule has 0 spiro atoms. The summed E-state index contributed by atoms with van der Waals surface area (Å²) in [5, 5.41) is 2.93. The van der Waals surface area contributed by atoms with Crippen molar-refractivity contribution in [3.05, 3.63) is 60.2 Å². The zero-order valence-corrected chi connectivity index (χ0v) is 17.6. The second kappa shape index (κ2) is 7.89. The molecule has 3 aliphatic heterocycles. The zero-order chi connectivity index (χ0) is 21.4. The van der Waals surface area contributed by atoms with Crippen LogP contribution in [0.2, 0.25) is 0 Å². The number of amides is 3. The monoisotopic (exact) mass is 421 g/mol. The number of carbonyl (C=O) groups excluding carboxylic acids is 2. The second-order valence-electron chi connectivity index (χ2n) is 8.65. The van der Waals surface area contributed by atoms with Crippen molar-refractivity contribution in [1.82, 2.24) is 15.1 Å². The molecule has 1 N–H and O–H groups in total. The molecule has 2 fully saturated rings. The summed E-state index contributed by atoms with van der Waals surface area (Å²) in [6.07, 6.45) is 1.66. The van der Waals surface area contributed by atoms with E-state index in [1.54, 1.807) is 6.92 Å². The highest BCUT2D eigenvalue weighted by Crippen LogP contribution is 2.33. The van der Waals surface area contributed by atoms with E-state index in [0.29, 0.717) is 19.7 Å². The van der Waals surface area contributed by atoms with Crippen LogP contribution in [-0.4, -0.2) is 60.1 Å². The third-order valence-electron chi connectivity index (χ3n) is 6.45. The molecule has 7 heteroatoms. The number of urea groups is 1. The first-order valence-electron chi connectivity index (χ1n) is 10.9. The number of benzene rings is 2. The Balaban J connectivity index is 1.26. The lowest BCUT2D eigenvalue weighted by molar-refractivity contribution is -0.133. The van der Waals surface area contributed by atoms with E-state index in [9.17, 15) is 9.59 Å². The molecule has 0 bridgehead atoms. The predicted octanol–water partition coefficient (Wildman–Crippen LogP) is 2.76. The summed E-state index contributed by atoms with van der Waals surface area (Å²) in [7, 11) is 0. The molecule has 7 nitrogen and oxygen atoms in total. The Kier molecular flexibility index (Phi) is 5.06. The van der Waals surface area contributed by atoms with Gasteiger partial charge in [0.25, 0.3) is 5.91 Å². The van der Waals surface area contributed by atoms with Crippen LogP contribution < -0.4 is 14.8 Å². The maximum absolute atomic E-state index is 13.4. The largest absolute Gasteiger partial charge is 0.486 e. The molecule has 162 valence electrons. The number of fused-ring (bicyclic) bond motifs is 1. The Labute approximate surface area is 181 Å². The smallest absolute Gasteiger partial charge is 0.325 e. The van der Waals surface area contributed by atoms with Gasteiger partial charge in [0.1, 0.15) is 18.2 Å². The Hall–Kier alpha value is -3.06. The van der Waals surface area contributed by atoms with Gasteiger partial charge in [-0.05, 0) is 44.0 Å². The van der Waals surface area contributed by atoms with Gasteiger partial charge in [0.15, 0.2) is 11.5 Å². The predicted molar refractivity (Wildman–Crippen MR) is 115 cm³/mol. The lowest BCUT2D eigenvalue weighted by Crippen LogP contribution is -2.53. The Morgan fingerprint density at radius 1 is 1.06 bits per heavy atom. The van der Waals surface area contributed by atoms with E-state index in [1.807, 2.05) is 54.6 Å². The maximum Gasteiger partial charge on any atom is 0.325 e. The molecule has 3 heterocycles. The number of ether oxygens (including phenoxy) is 2. The van der Waals surface area contributed by atoms with Crippen molar-refractivity contribution in [2.45, 2.75) is 37.5 Å². The summed E-state index contributed by atoms with van der Waals surface area (Å²) >= 11 is 0. The zero-order valence-electron chi connectivity index (χ0n) is 17.6. The molecule has 2 aromatic rings. The molecule has 3 aliphatic rings. The fourth-order valence-electron chi connectivity index (χ4n) is 4.81. The van der Waals surface area contributed by atoms with Crippen molar-refractivity contribution < 1.29 is 19.1 Å². The van der Waals surface area contributed by atoms with Crippen LogP contribution in [0.3, 0.4) is 0 Å². The van der Waals surface area contributed by atoms with Crippen LogP contribution in [0.4, 0.5) is 4.79 Å².